The van der Waals surface area contributed by atoms with Crippen molar-refractivity contribution >= 4 is 16.7 Å². The highest BCUT2D eigenvalue weighted by atomic mass is 16.5. The summed E-state index contributed by atoms with van der Waals surface area (Å²) in [4.78, 5) is 12.3. The molecular formula is C21H22N2O3. The molecule has 1 fully saturated rings. The van der Waals surface area contributed by atoms with Crippen molar-refractivity contribution < 1.29 is 13.9 Å². The van der Waals surface area contributed by atoms with E-state index >= 15 is 0 Å². The highest BCUT2D eigenvalue weighted by Gasteiger charge is 2.31. The zero-order chi connectivity index (χ0) is 17.9. The van der Waals surface area contributed by atoms with Crippen LogP contribution in [0.3, 0.4) is 0 Å². The molecular weight excluding hydrogens is 328 g/mol. The van der Waals surface area contributed by atoms with Gasteiger partial charge in [0.15, 0.2) is 5.76 Å². The van der Waals surface area contributed by atoms with Gasteiger partial charge in [0.1, 0.15) is 18.1 Å². The molecule has 1 heterocycles. The van der Waals surface area contributed by atoms with Crippen molar-refractivity contribution in [2.45, 2.75) is 25.5 Å². The second-order valence-corrected chi connectivity index (χ2v) is 6.72. The third kappa shape index (κ3) is 3.73. The summed E-state index contributed by atoms with van der Waals surface area (Å²) < 4.78 is 11.4. The van der Waals surface area contributed by atoms with E-state index in [9.17, 15) is 4.79 Å². The molecule has 1 aliphatic carbocycles. The number of carbonyl (C=O) groups is 1. The number of nitrogens with two attached hydrogens (primary N) is 1. The van der Waals surface area contributed by atoms with Crippen molar-refractivity contribution in [3.8, 4) is 5.75 Å². The summed E-state index contributed by atoms with van der Waals surface area (Å²) in [6.45, 7) is 0.726. The summed E-state index contributed by atoms with van der Waals surface area (Å²) in [5.41, 5.74) is 5.73. The van der Waals surface area contributed by atoms with Gasteiger partial charge in [-0.05, 0) is 53.8 Å². The van der Waals surface area contributed by atoms with Gasteiger partial charge in [0, 0.05) is 12.6 Å². The molecule has 1 amide bonds. The molecule has 134 valence electrons. The predicted octanol–water partition coefficient (Wildman–Crippen LogP) is 3.48. The van der Waals surface area contributed by atoms with Crippen LogP contribution in [0.4, 0.5) is 0 Å². The SMILES string of the molecule is NCC(NC(=O)c1ccc(COc2ccc3ccccc3c2)o1)C1CC1. The first-order valence-electron chi connectivity index (χ1n) is 8.94. The Morgan fingerprint density at radius 3 is 2.73 bits per heavy atom. The van der Waals surface area contributed by atoms with Gasteiger partial charge in [-0.3, -0.25) is 4.79 Å². The quantitative estimate of drug-likeness (QED) is 0.684. The van der Waals surface area contributed by atoms with E-state index in [-0.39, 0.29) is 18.6 Å². The number of furan rings is 1. The number of fused-ring (bicyclic) bond motifs is 1. The van der Waals surface area contributed by atoms with Gasteiger partial charge in [0.05, 0.1) is 0 Å². The number of ether oxygens (including phenoxy) is 1. The standard InChI is InChI=1S/C21H22N2O3/c22-12-19(15-5-6-15)23-21(24)20-10-9-18(26-20)13-25-17-8-7-14-3-1-2-4-16(14)11-17/h1-4,7-11,15,19H,5-6,12-13,22H2,(H,23,24). The van der Waals surface area contributed by atoms with Crippen LogP contribution >= 0.6 is 0 Å². The van der Waals surface area contributed by atoms with Crippen molar-refractivity contribution in [3.63, 3.8) is 0 Å². The summed E-state index contributed by atoms with van der Waals surface area (Å²) in [5, 5.41) is 5.24. The number of hydrogen-bond acceptors (Lipinski definition) is 4. The molecule has 1 aliphatic rings. The molecule has 0 saturated heterocycles. The van der Waals surface area contributed by atoms with E-state index in [1.165, 1.54) is 5.39 Å². The predicted molar refractivity (Wildman–Crippen MR) is 100 cm³/mol. The number of hydrogen-bond donors (Lipinski definition) is 2. The fourth-order valence-corrected chi connectivity index (χ4v) is 3.10. The zero-order valence-corrected chi connectivity index (χ0v) is 14.5. The number of carbonyl (C=O) groups excluding carboxylic acids is 1. The van der Waals surface area contributed by atoms with Crippen molar-refractivity contribution in [2.75, 3.05) is 6.54 Å². The van der Waals surface area contributed by atoms with Crippen molar-refractivity contribution in [3.05, 3.63) is 66.1 Å². The van der Waals surface area contributed by atoms with Gasteiger partial charge in [-0.1, -0.05) is 30.3 Å². The van der Waals surface area contributed by atoms with Gasteiger partial charge >= 0.3 is 0 Å². The third-order valence-electron chi connectivity index (χ3n) is 4.75. The largest absolute Gasteiger partial charge is 0.486 e. The smallest absolute Gasteiger partial charge is 0.287 e. The number of rotatable bonds is 7. The summed E-state index contributed by atoms with van der Waals surface area (Å²) >= 11 is 0. The molecule has 26 heavy (non-hydrogen) atoms. The van der Waals surface area contributed by atoms with Crippen LogP contribution in [0.25, 0.3) is 10.8 Å². The molecule has 2 aromatic carbocycles. The van der Waals surface area contributed by atoms with Crippen LogP contribution in [0, 0.1) is 5.92 Å². The van der Waals surface area contributed by atoms with Gasteiger partial charge < -0.3 is 20.2 Å². The number of amides is 1. The first kappa shape index (κ1) is 16.7. The molecule has 1 atom stereocenters. The Morgan fingerprint density at radius 1 is 1.15 bits per heavy atom. The normalized spacial score (nSPS) is 15.0. The first-order chi connectivity index (χ1) is 12.7. The Hall–Kier alpha value is -2.79. The second-order valence-electron chi connectivity index (χ2n) is 6.72. The van der Waals surface area contributed by atoms with Gasteiger partial charge in [-0.25, -0.2) is 0 Å². The van der Waals surface area contributed by atoms with Crippen LogP contribution < -0.4 is 15.8 Å². The van der Waals surface area contributed by atoms with E-state index in [4.69, 9.17) is 14.9 Å². The zero-order valence-electron chi connectivity index (χ0n) is 14.5. The van der Waals surface area contributed by atoms with E-state index in [2.05, 4.69) is 11.4 Å². The maximum absolute atomic E-state index is 12.3. The minimum atomic E-state index is -0.218. The van der Waals surface area contributed by atoms with Crippen LogP contribution in [-0.4, -0.2) is 18.5 Å². The summed E-state index contributed by atoms with van der Waals surface area (Å²) in [7, 11) is 0. The lowest BCUT2D eigenvalue weighted by atomic mass is 10.1. The van der Waals surface area contributed by atoms with Crippen LogP contribution in [0.5, 0.6) is 5.75 Å². The van der Waals surface area contributed by atoms with Crippen LogP contribution in [0.15, 0.2) is 59.0 Å². The number of benzene rings is 2. The monoisotopic (exact) mass is 350 g/mol. The minimum absolute atomic E-state index is 0.0323. The van der Waals surface area contributed by atoms with E-state index in [0.29, 0.717) is 24.0 Å². The summed E-state index contributed by atoms with van der Waals surface area (Å²) in [5.74, 6) is 1.96. The summed E-state index contributed by atoms with van der Waals surface area (Å²) in [6, 6.07) is 17.5. The lowest BCUT2D eigenvalue weighted by Crippen LogP contribution is -2.41. The van der Waals surface area contributed by atoms with E-state index < -0.39 is 0 Å². The Labute approximate surface area is 152 Å². The molecule has 0 spiro atoms. The highest BCUT2D eigenvalue weighted by molar-refractivity contribution is 5.91. The average Bonchev–Trinajstić information content (AvgIpc) is 3.41. The van der Waals surface area contributed by atoms with Gasteiger partial charge in [-0.15, -0.1) is 0 Å². The Balaban J connectivity index is 1.37. The molecule has 1 aromatic heterocycles. The topological polar surface area (TPSA) is 77.5 Å². The molecule has 3 aromatic rings. The van der Waals surface area contributed by atoms with E-state index in [0.717, 1.165) is 24.0 Å². The van der Waals surface area contributed by atoms with Gasteiger partial charge in [-0.2, -0.15) is 0 Å². The average molecular weight is 350 g/mol. The maximum atomic E-state index is 12.3. The van der Waals surface area contributed by atoms with Crippen LogP contribution in [0.1, 0.15) is 29.2 Å². The Bertz CT molecular complexity index is 914. The molecule has 0 bridgehead atoms. The van der Waals surface area contributed by atoms with E-state index in [1.54, 1.807) is 12.1 Å². The maximum Gasteiger partial charge on any atom is 0.287 e. The second kappa shape index (κ2) is 7.22. The highest BCUT2D eigenvalue weighted by Crippen LogP contribution is 2.32. The molecule has 4 rings (SSSR count). The Kier molecular flexibility index (Phi) is 4.63. The van der Waals surface area contributed by atoms with Crippen LogP contribution in [-0.2, 0) is 6.61 Å². The molecule has 5 heteroatoms. The van der Waals surface area contributed by atoms with Crippen molar-refractivity contribution in [2.24, 2.45) is 11.7 Å². The van der Waals surface area contributed by atoms with Crippen molar-refractivity contribution in [1.29, 1.82) is 0 Å². The lowest BCUT2D eigenvalue weighted by Gasteiger charge is -2.14. The summed E-state index contributed by atoms with van der Waals surface area (Å²) in [6.07, 6.45) is 2.26. The van der Waals surface area contributed by atoms with Gasteiger partial charge in [0.25, 0.3) is 5.91 Å². The molecule has 3 N–H and O–H groups in total. The van der Waals surface area contributed by atoms with Crippen LogP contribution in [0.2, 0.25) is 0 Å². The minimum Gasteiger partial charge on any atom is -0.486 e. The van der Waals surface area contributed by atoms with Gasteiger partial charge in [0.2, 0.25) is 0 Å². The fourth-order valence-electron chi connectivity index (χ4n) is 3.10. The molecule has 0 radical (unpaired) electrons. The first-order valence-corrected chi connectivity index (χ1v) is 8.94. The molecule has 1 saturated carbocycles. The fraction of sp³-hybridized carbons (Fsp3) is 0.286. The van der Waals surface area contributed by atoms with Crippen molar-refractivity contribution in [1.82, 2.24) is 5.32 Å². The third-order valence-corrected chi connectivity index (χ3v) is 4.75. The molecule has 0 aliphatic heterocycles. The number of nitrogens with one attached hydrogen (secondary N) is 1. The molecule has 5 nitrogen and oxygen atoms in total. The lowest BCUT2D eigenvalue weighted by molar-refractivity contribution is 0.0901. The Morgan fingerprint density at radius 2 is 1.96 bits per heavy atom. The molecule has 1 unspecified atom stereocenters. The van der Waals surface area contributed by atoms with E-state index in [1.807, 2.05) is 36.4 Å².